The van der Waals surface area contributed by atoms with Crippen LogP contribution in [0, 0.1) is 0 Å². The number of hydrogen-bond donors (Lipinski definition) is 3. The number of aliphatic hydroxyl groups excluding tert-OH is 1. The van der Waals surface area contributed by atoms with Crippen molar-refractivity contribution in [3.8, 4) is 11.5 Å². The smallest absolute Gasteiger partial charge is 0.342 e. The van der Waals surface area contributed by atoms with E-state index < -0.39 is 12.1 Å². The van der Waals surface area contributed by atoms with E-state index in [9.17, 15) is 20.1 Å². The molecule has 0 aromatic heterocycles. The maximum Gasteiger partial charge on any atom is 0.342 e. The van der Waals surface area contributed by atoms with Gasteiger partial charge >= 0.3 is 5.97 Å². The number of aromatic hydroxyl groups is 2. The third kappa shape index (κ3) is 5.94. The molecule has 128 valence electrons. The molecule has 1 aromatic carbocycles. The second kappa shape index (κ2) is 9.20. The summed E-state index contributed by atoms with van der Waals surface area (Å²) in [7, 11) is 0. The lowest BCUT2D eigenvalue weighted by molar-refractivity contribution is 0.0343. The molecule has 1 aromatic rings. The molecule has 0 heterocycles. The Labute approximate surface area is 137 Å². The number of phenols is 2. The fraction of sp³-hybridized carbons (Fsp3) is 0.500. The van der Waals surface area contributed by atoms with Crippen LogP contribution in [0.2, 0.25) is 0 Å². The van der Waals surface area contributed by atoms with E-state index in [0.29, 0.717) is 18.4 Å². The summed E-state index contributed by atoms with van der Waals surface area (Å²) in [5.41, 5.74) is 0.371. The van der Waals surface area contributed by atoms with Gasteiger partial charge in [0.15, 0.2) is 0 Å². The van der Waals surface area contributed by atoms with Crippen LogP contribution in [0.5, 0.6) is 11.5 Å². The average Bonchev–Trinajstić information content (AvgIpc) is 2.44. The van der Waals surface area contributed by atoms with Crippen molar-refractivity contribution in [3.63, 3.8) is 0 Å². The molecule has 2 atom stereocenters. The van der Waals surface area contributed by atoms with Gasteiger partial charge in [-0.05, 0) is 31.4 Å². The van der Waals surface area contributed by atoms with E-state index in [1.165, 1.54) is 6.07 Å². The van der Waals surface area contributed by atoms with Gasteiger partial charge in [0.05, 0.1) is 6.10 Å². The standard InChI is InChI=1S/C18H26O5/c1-4-6-8-14(19)9-13-10-15(20)11-16(21)17(13)18(22)23-12(3)7-5-2/h5,10-12,14,19-21H,2,4,6-9H2,1,3H3. The van der Waals surface area contributed by atoms with E-state index in [1.54, 1.807) is 13.0 Å². The van der Waals surface area contributed by atoms with Crippen LogP contribution >= 0.6 is 0 Å². The average molecular weight is 322 g/mol. The van der Waals surface area contributed by atoms with Crippen molar-refractivity contribution in [1.82, 2.24) is 0 Å². The Bertz CT molecular complexity index is 538. The maximum atomic E-state index is 12.3. The molecule has 0 amide bonds. The Morgan fingerprint density at radius 1 is 1.39 bits per heavy atom. The quantitative estimate of drug-likeness (QED) is 0.479. The third-order valence-electron chi connectivity index (χ3n) is 3.54. The highest BCUT2D eigenvalue weighted by Gasteiger charge is 2.22. The van der Waals surface area contributed by atoms with Crippen LogP contribution in [0.3, 0.4) is 0 Å². The van der Waals surface area contributed by atoms with Crippen LogP contribution in [-0.2, 0) is 11.2 Å². The first-order valence-corrected chi connectivity index (χ1v) is 7.93. The summed E-state index contributed by atoms with van der Waals surface area (Å²) in [5.74, 6) is -1.18. The first-order valence-electron chi connectivity index (χ1n) is 7.93. The molecule has 3 N–H and O–H groups in total. The van der Waals surface area contributed by atoms with Crippen molar-refractivity contribution in [2.45, 2.75) is 58.2 Å². The molecule has 0 radical (unpaired) electrons. The molecule has 5 heteroatoms. The summed E-state index contributed by atoms with van der Waals surface area (Å²) in [6.45, 7) is 7.34. The van der Waals surface area contributed by atoms with Gasteiger partial charge in [0.1, 0.15) is 23.2 Å². The second-order valence-corrected chi connectivity index (χ2v) is 5.74. The SMILES string of the molecule is C=CCC(C)OC(=O)c1c(O)cc(O)cc1CC(O)CCCC. The van der Waals surface area contributed by atoms with Crippen molar-refractivity contribution < 1.29 is 24.9 Å². The first-order chi connectivity index (χ1) is 10.9. The number of benzene rings is 1. The first kappa shape index (κ1) is 19.0. The summed E-state index contributed by atoms with van der Waals surface area (Å²) in [4.78, 5) is 12.3. The maximum absolute atomic E-state index is 12.3. The van der Waals surface area contributed by atoms with Gasteiger partial charge in [-0.3, -0.25) is 0 Å². The van der Waals surface area contributed by atoms with E-state index in [4.69, 9.17) is 4.74 Å². The fourth-order valence-corrected chi connectivity index (χ4v) is 2.39. The van der Waals surface area contributed by atoms with Crippen molar-refractivity contribution in [1.29, 1.82) is 0 Å². The van der Waals surface area contributed by atoms with Gasteiger partial charge in [-0.2, -0.15) is 0 Å². The Morgan fingerprint density at radius 2 is 2.09 bits per heavy atom. The van der Waals surface area contributed by atoms with E-state index >= 15 is 0 Å². The monoisotopic (exact) mass is 322 g/mol. The molecule has 23 heavy (non-hydrogen) atoms. The number of esters is 1. The summed E-state index contributed by atoms with van der Waals surface area (Å²) >= 11 is 0. The molecule has 2 unspecified atom stereocenters. The Kier molecular flexibility index (Phi) is 7.62. The van der Waals surface area contributed by atoms with Crippen LogP contribution in [0.15, 0.2) is 24.8 Å². The highest BCUT2D eigenvalue weighted by atomic mass is 16.5. The third-order valence-corrected chi connectivity index (χ3v) is 3.54. The van der Waals surface area contributed by atoms with Crippen molar-refractivity contribution >= 4 is 5.97 Å². The Hall–Kier alpha value is -2.01. The largest absolute Gasteiger partial charge is 0.508 e. The molecule has 0 spiro atoms. The topological polar surface area (TPSA) is 87.0 Å². The Morgan fingerprint density at radius 3 is 2.70 bits per heavy atom. The van der Waals surface area contributed by atoms with Crippen LogP contribution in [0.1, 0.15) is 55.5 Å². The molecule has 0 saturated heterocycles. The van der Waals surface area contributed by atoms with Gasteiger partial charge in [-0.25, -0.2) is 4.79 Å². The number of unbranched alkanes of at least 4 members (excludes halogenated alkanes) is 1. The number of phenolic OH excluding ortho intramolecular Hbond substituents is 2. The fourth-order valence-electron chi connectivity index (χ4n) is 2.39. The van der Waals surface area contributed by atoms with E-state index in [-0.39, 0.29) is 29.6 Å². The summed E-state index contributed by atoms with van der Waals surface area (Å²) in [6, 6.07) is 2.47. The summed E-state index contributed by atoms with van der Waals surface area (Å²) < 4.78 is 5.27. The molecule has 0 aliphatic heterocycles. The molecule has 0 saturated carbocycles. The van der Waals surface area contributed by atoms with E-state index in [2.05, 4.69) is 6.58 Å². The molecule has 0 aliphatic rings. The zero-order valence-electron chi connectivity index (χ0n) is 13.8. The van der Waals surface area contributed by atoms with Crippen LogP contribution in [0.25, 0.3) is 0 Å². The van der Waals surface area contributed by atoms with Gasteiger partial charge in [0.25, 0.3) is 0 Å². The highest BCUT2D eigenvalue weighted by Crippen LogP contribution is 2.30. The van der Waals surface area contributed by atoms with E-state index in [0.717, 1.165) is 18.9 Å². The molecular formula is C18H26O5. The lowest BCUT2D eigenvalue weighted by Crippen LogP contribution is -2.18. The van der Waals surface area contributed by atoms with Gasteiger partial charge in [-0.1, -0.05) is 25.8 Å². The van der Waals surface area contributed by atoms with Crippen LogP contribution in [0.4, 0.5) is 0 Å². The minimum Gasteiger partial charge on any atom is -0.508 e. The van der Waals surface area contributed by atoms with E-state index in [1.807, 2.05) is 6.92 Å². The number of ether oxygens (including phenoxy) is 1. The lowest BCUT2D eigenvalue weighted by atomic mass is 9.97. The number of rotatable bonds is 9. The van der Waals surface area contributed by atoms with Gasteiger partial charge in [-0.15, -0.1) is 6.58 Å². The number of hydrogen-bond acceptors (Lipinski definition) is 5. The highest BCUT2D eigenvalue weighted by molar-refractivity contribution is 5.94. The molecule has 0 bridgehead atoms. The van der Waals surface area contributed by atoms with Crippen LogP contribution < -0.4 is 0 Å². The predicted octanol–water partition coefficient (Wildman–Crippen LogP) is 3.31. The summed E-state index contributed by atoms with van der Waals surface area (Å²) in [5, 5.41) is 29.7. The van der Waals surface area contributed by atoms with Crippen LogP contribution in [-0.4, -0.2) is 33.5 Å². The van der Waals surface area contributed by atoms with Gasteiger partial charge in [0, 0.05) is 12.5 Å². The van der Waals surface area contributed by atoms with Crippen molar-refractivity contribution in [2.24, 2.45) is 0 Å². The summed E-state index contributed by atoms with van der Waals surface area (Å²) in [6.07, 6.45) is 3.71. The van der Waals surface area contributed by atoms with Crippen molar-refractivity contribution in [3.05, 3.63) is 35.9 Å². The normalized spacial score (nSPS) is 13.3. The van der Waals surface area contributed by atoms with Gasteiger partial charge < -0.3 is 20.1 Å². The Balaban J connectivity index is 3.00. The van der Waals surface area contributed by atoms with Crippen molar-refractivity contribution in [2.75, 3.05) is 0 Å². The zero-order valence-corrected chi connectivity index (χ0v) is 13.8. The number of aliphatic hydroxyl groups is 1. The molecule has 0 aliphatic carbocycles. The molecular weight excluding hydrogens is 296 g/mol. The molecule has 0 fully saturated rings. The predicted molar refractivity (Wildman–Crippen MR) is 88.7 cm³/mol. The van der Waals surface area contributed by atoms with Gasteiger partial charge in [0.2, 0.25) is 0 Å². The number of carbonyl (C=O) groups is 1. The minimum atomic E-state index is -0.672. The lowest BCUT2D eigenvalue weighted by Gasteiger charge is -2.17. The zero-order chi connectivity index (χ0) is 17.4. The minimum absolute atomic E-state index is 0.00531. The molecule has 1 rings (SSSR count). The molecule has 5 nitrogen and oxygen atoms in total. The second-order valence-electron chi connectivity index (χ2n) is 5.74. The number of carbonyl (C=O) groups excluding carboxylic acids is 1.